The van der Waals surface area contributed by atoms with Crippen LogP contribution >= 0.6 is 0 Å². The third-order valence-corrected chi connectivity index (χ3v) is 12.2. The molecule has 0 radical (unpaired) electrons. The van der Waals surface area contributed by atoms with Crippen LogP contribution in [0.25, 0.3) is 71.7 Å². The molecule has 2 atom stereocenters. The molecule has 4 heteroatoms. The standard InChI is InChI=1S/C54H37N3O/c1-2-13-36(14-3-1)54-55-47(40-23-22-34-12-4-5-15-37(34)28-40)33-48(56-54)46-30-41(32-52-53(46)44-19-9-11-21-51(44)58-52)35-24-26-42(27-25-35)57-49-20-10-8-18-43(49)45-29-38-16-6-7-17-39(38)31-50(45)57/h1-29,31-33,41,47H,30H2,(H,55,56). The largest absolute Gasteiger partial charge is 0.456 e. The molecule has 2 aromatic heterocycles. The summed E-state index contributed by atoms with van der Waals surface area (Å²) >= 11 is 0. The van der Waals surface area contributed by atoms with E-state index in [4.69, 9.17) is 9.41 Å². The van der Waals surface area contributed by atoms with Gasteiger partial charge in [0.1, 0.15) is 16.8 Å². The normalized spacial score (nSPS) is 16.7. The van der Waals surface area contributed by atoms with E-state index in [-0.39, 0.29) is 12.0 Å². The van der Waals surface area contributed by atoms with Crippen LogP contribution in [0, 0.1) is 0 Å². The van der Waals surface area contributed by atoms with Crippen LogP contribution in [0.15, 0.2) is 203 Å². The topological polar surface area (TPSA) is 42.5 Å². The summed E-state index contributed by atoms with van der Waals surface area (Å²) in [6.45, 7) is 0. The number of fused-ring (bicyclic) bond motifs is 8. The minimum Gasteiger partial charge on any atom is -0.456 e. The van der Waals surface area contributed by atoms with E-state index in [0.29, 0.717) is 0 Å². The average molecular weight is 744 g/mol. The van der Waals surface area contributed by atoms with Crippen molar-refractivity contribution in [1.29, 1.82) is 0 Å². The van der Waals surface area contributed by atoms with Gasteiger partial charge in [0.2, 0.25) is 0 Å². The minimum atomic E-state index is -0.0756. The van der Waals surface area contributed by atoms with Gasteiger partial charge in [-0.1, -0.05) is 140 Å². The molecule has 0 bridgehead atoms. The predicted molar refractivity (Wildman–Crippen MR) is 240 cm³/mol. The molecule has 274 valence electrons. The number of allylic oxidation sites excluding steroid dienone is 1. The van der Waals surface area contributed by atoms with E-state index < -0.39 is 0 Å². The Labute approximate surface area is 335 Å². The Bertz CT molecular complexity index is 3460. The van der Waals surface area contributed by atoms with E-state index in [2.05, 4.69) is 204 Å². The fourth-order valence-corrected chi connectivity index (χ4v) is 9.34. The number of aliphatic imine (C=N–C) groups is 1. The van der Waals surface area contributed by atoms with Crippen LogP contribution in [-0.2, 0) is 0 Å². The minimum absolute atomic E-state index is 0.0756. The highest BCUT2D eigenvalue weighted by atomic mass is 16.3. The predicted octanol–water partition coefficient (Wildman–Crippen LogP) is 11.6. The van der Waals surface area contributed by atoms with Crippen LogP contribution in [0.5, 0.6) is 0 Å². The Morgan fingerprint density at radius 1 is 0.534 bits per heavy atom. The molecule has 0 amide bonds. The van der Waals surface area contributed by atoms with Crippen molar-refractivity contribution in [3.63, 3.8) is 0 Å². The molecule has 10 aromatic rings. The van der Waals surface area contributed by atoms with Gasteiger partial charge in [0.15, 0.2) is 0 Å². The molecule has 4 nitrogen and oxygen atoms in total. The maximum atomic E-state index is 6.68. The van der Waals surface area contributed by atoms with Crippen molar-refractivity contribution in [3.8, 4) is 5.69 Å². The average Bonchev–Trinajstić information content (AvgIpc) is 3.83. The third-order valence-electron chi connectivity index (χ3n) is 12.2. The highest BCUT2D eigenvalue weighted by Gasteiger charge is 2.27. The third kappa shape index (κ3) is 5.33. The van der Waals surface area contributed by atoms with E-state index >= 15 is 0 Å². The summed E-state index contributed by atoms with van der Waals surface area (Å²) in [5.74, 6) is 0.956. The van der Waals surface area contributed by atoms with Gasteiger partial charge in [-0.15, -0.1) is 0 Å². The summed E-state index contributed by atoms with van der Waals surface area (Å²) in [5, 5.41) is 13.5. The van der Waals surface area contributed by atoms with Gasteiger partial charge in [-0.05, 0) is 99.3 Å². The number of amidine groups is 1. The maximum Gasteiger partial charge on any atom is 0.135 e. The Kier molecular flexibility index (Phi) is 7.39. The Morgan fingerprint density at radius 3 is 2.03 bits per heavy atom. The first-order valence-electron chi connectivity index (χ1n) is 20.1. The molecule has 8 aromatic carbocycles. The van der Waals surface area contributed by atoms with Gasteiger partial charge < -0.3 is 14.3 Å². The van der Waals surface area contributed by atoms with E-state index in [0.717, 1.165) is 50.8 Å². The van der Waals surface area contributed by atoms with Gasteiger partial charge >= 0.3 is 0 Å². The smallest absolute Gasteiger partial charge is 0.135 e. The Balaban J connectivity index is 0.995. The fraction of sp³-hybridized carbons (Fsp3) is 0.0556. The number of benzene rings is 8. The molecule has 58 heavy (non-hydrogen) atoms. The highest BCUT2D eigenvalue weighted by molar-refractivity contribution is 6.13. The first kappa shape index (κ1) is 32.8. The lowest BCUT2D eigenvalue weighted by Gasteiger charge is -2.27. The summed E-state index contributed by atoms with van der Waals surface area (Å²) in [5.41, 5.74) is 11.0. The van der Waals surface area contributed by atoms with Crippen LogP contribution < -0.4 is 16.0 Å². The highest BCUT2D eigenvalue weighted by Crippen LogP contribution is 2.38. The summed E-state index contributed by atoms with van der Waals surface area (Å²) in [4.78, 5) is 5.43. The number of rotatable bonds is 5. The number of nitrogens with one attached hydrogen (secondary N) is 1. The second-order valence-electron chi connectivity index (χ2n) is 15.6. The molecular weight excluding hydrogens is 707 g/mol. The van der Waals surface area contributed by atoms with Crippen LogP contribution in [0.1, 0.15) is 35.1 Å². The second-order valence-corrected chi connectivity index (χ2v) is 15.6. The van der Waals surface area contributed by atoms with Gasteiger partial charge in [0.25, 0.3) is 0 Å². The van der Waals surface area contributed by atoms with Crippen molar-refractivity contribution in [3.05, 3.63) is 221 Å². The molecule has 1 N–H and O–H groups in total. The van der Waals surface area contributed by atoms with E-state index in [9.17, 15) is 0 Å². The first-order chi connectivity index (χ1) is 28.7. The van der Waals surface area contributed by atoms with Crippen molar-refractivity contribution < 1.29 is 4.42 Å². The monoisotopic (exact) mass is 743 g/mol. The molecular formula is C54H37N3O. The van der Waals surface area contributed by atoms with E-state index in [1.807, 2.05) is 0 Å². The van der Waals surface area contributed by atoms with Crippen LogP contribution in [0.2, 0.25) is 0 Å². The number of aromatic nitrogens is 1. The van der Waals surface area contributed by atoms with Crippen LogP contribution in [0.3, 0.4) is 0 Å². The van der Waals surface area contributed by atoms with Crippen molar-refractivity contribution in [2.45, 2.75) is 18.4 Å². The summed E-state index contributed by atoms with van der Waals surface area (Å²) in [6.07, 6.45) is 5.43. The molecule has 2 unspecified atom stereocenters. The number of nitrogens with zero attached hydrogens (tertiary/aromatic N) is 2. The van der Waals surface area contributed by atoms with E-state index in [1.54, 1.807) is 0 Å². The molecule has 12 rings (SSSR count). The zero-order chi connectivity index (χ0) is 38.2. The second kappa shape index (κ2) is 13.1. The zero-order valence-corrected chi connectivity index (χ0v) is 31.6. The lowest BCUT2D eigenvalue weighted by Crippen LogP contribution is -2.34. The van der Waals surface area contributed by atoms with Crippen molar-refractivity contribution in [2.24, 2.45) is 4.99 Å². The first-order valence-corrected chi connectivity index (χ1v) is 20.1. The molecule has 0 saturated carbocycles. The number of para-hydroxylation sites is 2. The zero-order valence-electron chi connectivity index (χ0n) is 31.6. The Morgan fingerprint density at radius 2 is 1.21 bits per heavy atom. The molecule has 0 saturated heterocycles. The molecule has 0 spiro atoms. The molecule has 1 aliphatic heterocycles. The SMILES string of the molecule is C1=C(C2=c3c(oc4ccccc34)=CC(c3ccc(-n4c5ccccc5c5cc6ccccc6cc54)cc3)C2)N=C(c2ccccc2)NC1c1ccc2ccccc2c1. The van der Waals surface area contributed by atoms with Crippen LogP contribution in [-0.4, -0.2) is 10.4 Å². The number of furan rings is 1. The molecule has 0 fully saturated rings. The van der Waals surface area contributed by atoms with Crippen molar-refractivity contribution in [2.75, 3.05) is 0 Å². The molecule has 3 heterocycles. The quantitative estimate of drug-likeness (QED) is 0.191. The van der Waals surface area contributed by atoms with Gasteiger partial charge in [-0.2, -0.15) is 0 Å². The summed E-state index contributed by atoms with van der Waals surface area (Å²) in [6, 6.07) is 65.3. The van der Waals surface area contributed by atoms with Crippen molar-refractivity contribution >= 4 is 71.8 Å². The Hall–Kier alpha value is -7.43. The van der Waals surface area contributed by atoms with Gasteiger partial charge in [0, 0.05) is 38.5 Å². The lowest BCUT2D eigenvalue weighted by atomic mass is 9.85. The van der Waals surface area contributed by atoms with Crippen molar-refractivity contribution in [1.82, 2.24) is 9.88 Å². The summed E-state index contributed by atoms with van der Waals surface area (Å²) in [7, 11) is 0. The molecule has 2 aliphatic rings. The van der Waals surface area contributed by atoms with Gasteiger partial charge in [-0.3, -0.25) is 0 Å². The molecule has 1 aliphatic carbocycles. The lowest BCUT2D eigenvalue weighted by molar-refractivity contribution is 0.568. The number of hydrogen-bond acceptors (Lipinski definition) is 3. The number of hydrogen-bond donors (Lipinski definition) is 1. The van der Waals surface area contributed by atoms with Crippen LogP contribution in [0.4, 0.5) is 0 Å². The fourth-order valence-electron chi connectivity index (χ4n) is 9.34. The van der Waals surface area contributed by atoms with E-state index in [1.165, 1.54) is 60.1 Å². The maximum absolute atomic E-state index is 6.68. The summed E-state index contributed by atoms with van der Waals surface area (Å²) < 4.78 is 9.09. The van der Waals surface area contributed by atoms with Gasteiger partial charge in [-0.25, -0.2) is 4.99 Å². The van der Waals surface area contributed by atoms with Gasteiger partial charge in [0.05, 0.1) is 22.8 Å².